The van der Waals surface area contributed by atoms with Crippen molar-refractivity contribution in [1.29, 1.82) is 0 Å². The number of halogens is 1. The van der Waals surface area contributed by atoms with Gasteiger partial charge in [-0.1, -0.05) is 57.0 Å². The summed E-state index contributed by atoms with van der Waals surface area (Å²) < 4.78 is 14.4. The van der Waals surface area contributed by atoms with Gasteiger partial charge in [0, 0.05) is 11.4 Å². The van der Waals surface area contributed by atoms with Crippen LogP contribution in [0.3, 0.4) is 0 Å². The summed E-state index contributed by atoms with van der Waals surface area (Å²) >= 11 is 5.26. The summed E-state index contributed by atoms with van der Waals surface area (Å²) in [4.78, 5) is 18.5. The highest BCUT2D eigenvalue weighted by atomic mass is 79.9. The van der Waals surface area contributed by atoms with E-state index in [0.717, 1.165) is 39.9 Å². The molecule has 208 valence electrons. The Morgan fingerprint density at radius 2 is 2.00 bits per heavy atom. The molecule has 2 N–H and O–H groups in total. The van der Waals surface area contributed by atoms with Crippen LogP contribution in [-0.2, 0) is 4.79 Å². The highest BCUT2D eigenvalue weighted by molar-refractivity contribution is 9.10. The molecule has 0 aliphatic carbocycles. The van der Waals surface area contributed by atoms with Crippen molar-refractivity contribution in [3.8, 4) is 11.5 Å². The second-order valence-corrected chi connectivity index (χ2v) is 11.5. The maximum Gasteiger partial charge on any atom is 0.255 e. The number of ether oxygens (including phenoxy) is 2. The Kier molecular flexibility index (Phi) is 9.96. The zero-order chi connectivity index (χ0) is 27.9. The lowest BCUT2D eigenvalue weighted by Gasteiger charge is -2.29. The van der Waals surface area contributed by atoms with Gasteiger partial charge in [-0.05, 0) is 77.3 Å². The minimum absolute atomic E-state index is 0.215. The second-order valence-electron chi connectivity index (χ2n) is 9.43. The van der Waals surface area contributed by atoms with Crippen LogP contribution in [-0.4, -0.2) is 40.1 Å². The van der Waals surface area contributed by atoms with E-state index in [1.807, 2.05) is 50.2 Å². The van der Waals surface area contributed by atoms with Crippen LogP contribution < -0.4 is 20.1 Å². The summed E-state index contributed by atoms with van der Waals surface area (Å²) in [5.74, 6) is 2.46. The lowest BCUT2D eigenvalue weighted by Crippen LogP contribution is -2.31. The number of aromatic nitrogens is 3. The van der Waals surface area contributed by atoms with Crippen molar-refractivity contribution in [2.24, 2.45) is 0 Å². The Morgan fingerprint density at radius 3 is 2.72 bits per heavy atom. The SMILES string of the molecule is CCCCCCOc1c(Br)cc(C2C(C(=O)Nc3cccc(C)c3)=C(C)Nc3nc(SCC)nn32)cc1OC. The van der Waals surface area contributed by atoms with Gasteiger partial charge in [0.2, 0.25) is 11.1 Å². The number of nitrogens with zero attached hydrogens (tertiary/aromatic N) is 3. The molecule has 0 radical (unpaired) electrons. The first-order chi connectivity index (χ1) is 18.9. The fourth-order valence-electron chi connectivity index (χ4n) is 4.59. The van der Waals surface area contributed by atoms with Gasteiger partial charge in [0.25, 0.3) is 5.91 Å². The topological polar surface area (TPSA) is 90.3 Å². The van der Waals surface area contributed by atoms with Crippen LogP contribution in [0.2, 0.25) is 0 Å². The molecule has 1 aliphatic heterocycles. The molecule has 1 aliphatic rings. The second kappa shape index (κ2) is 13.4. The summed E-state index contributed by atoms with van der Waals surface area (Å²) in [5, 5.41) is 11.8. The van der Waals surface area contributed by atoms with Crippen molar-refractivity contribution in [1.82, 2.24) is 14.8 Å². The van der Waals surface area contributed by atoms with E-state index in [1.54, 1.807) is 23.6 Å². The number of anilines is 2. The van der Waals surface area contributed by atoms with Crippen LogP contribution in [0.25, 0.3) is 0 Å². The normalized spacial score (nSPS) is 14.6. The molecule has 4 rings (SSSR count). The number of unbranched alkanes of at least 4 members (excludes halogenated alkanes) is 3. The number of carbonyl (C=O) groups excluding carboxylic acids is 1. The molecule has 0 spiro atoms. The van der Waals surface area contributed by atoms with Crippen molar-refractivity contribution in [2.75, 3.05) is 30.1 Å². The molecule has 2 heterocycles. The Bertz CT molecular complexity index is 1360. The van der Waals surface area contributed by atoms with E-state index < -0.39 is 6.04 Å². The third-order valence-corrected chi connectivity index (χ3v) is 7.75. The number of hydrogen-bond acceptors (Lipinski definition) is 7. The summed E-state index contributed by atoms with van der Waals surface area (Å²) in [7, 11) is 1.63. The van der Waals surface area contributed by atoms with E-state index in [2.05, 4.69) is 45.4 Å². The summed E-state index contributed by atoms with van der Waals surface area (Å²) in [6.45, 7) is 8.74. The van der Waals surface area contributed by atoms with Crippen LogP contribution in [0, 0.1) is 6.92 Å². The maximum absolute atomic E-state index is 13.8. The minimum atomic E-state index is -0.534. The van der Waals surface area contributed by atoms with Crippen LogP contribution in [0.4, 0.5) is 11.6 Å². The Morgan fingerprint density at radius 1 is 1.18 bits per heavy atom. The first kappa shape index (κ1) is 29.0. The predicted octanol–water partition coefficient (Wildman–Crippen LogP) is 7.36. The first-order valence-electron chi connectivity index (χ1n) is 13.3. The standard InChI is InChI=1S/C29H36BrN5O3S/c1-6-8-9-10-14-38-26-22(30)16-20(17-23(26)37-5)25-24(27(36)32-21-13-11-12-18(3)15-21)19(4)31-28-33-29(39-7-2)34-35(25)28/h11-13,15-17,25H,6-10,14H2,1-5H3,(H,32,36)(H,31,33,34). The van der Waals surface area contributed by atoms with Gasteiger partial charge in [0.15, 0.2) is 11.5 Å². The number of benzene rings is 2. The smallest absolute Gasteiger partial charge is 0.255 e. The number of nitrogens with one attached hydrogen (secondary N) is 2. The molecule has 0 saturated carbocycles. The first-order valence-corrected chi connectivity index (χ1v) is 15.1. The molecule has 10 heteroatoms. The molecule has 1 unspecified atom stereocenters. The van der Waals surface area contributed by atoms with Crippen LogP contribution in [0.1, 0.15) is 63.6 Å². The molecule has 0 bridgehead atoms. The number of rotatable bonds is 12. The summed E-state index contributed by atoms with van der Waals surface area (Å²) in [6.07, 6.45) is 4.46. The van der Waals surface area contributed by atoms with E-state index in [9.17, 15) is 4.79 Å². The molecule has 3 aromatic rings. The number of hydrogen-bond donors (Lipinski definition) is 2. The average molecular weight is 615 g/mol. The monoisotopic (exact) mass is 613 g/mol. The van der Waals surface area contributed by atoms with Gasteiger partial charge < -0.3 is 20.1 Å². The van der Waals surface area contributed by atoms with Gasteiger partial charge in [0.1, 0.15) is 6.04 Å². The van der Waals surface area contributed by atoms with E-state index in [0.29, 0.717) is 40.5 Å². The van der Waals surface area contributed by atoms with Crippen LogP contribution in [0.15, 0.2) is 57.3 Å². The molecule has 0 fully saturated rings. The van der Waals surface area contributed by atoms with Gasteiger partial charge in [0.05, 0.1) is 23.8 Å². The minimum Gasteiger partial charge on any atom is -0.493 e. The van der Waals surface area contributed by atoms with Gasteiger partial charge in [-0.15, -0.1) is 5.10 Å². The highest BCUT2D eigenvalue weighted by Gasteiger charge is 2.35. The number of amides is 1. The van der Waals surface area contributed by atoms with Gasteiger partial charge >= 0.3 is 0 Å². The number of carbonyl (C=O) groups is 1. The number of methoxy groups -OCH3 is 1. The molecule has 1 atom stereocenters. The molecule has 2 aromatic carbocycles. The lowest BCUT2D eigenvalue weighted by molar-refractivity contribution is -0.113. The highest BCUT2D eigenvalue weighted by Crippen LogP contribution is 2.43. The summed E-state index contributed by atoms with van der Waals surface area (Å²) in [5.41, 5.74) is 3.88. The third kappa shape index (κ3) is 6.78. The van der Waals surface area contributed by atoms with Crippen molar-refractivity contribution >= 4 is 45.2 Å². The fourth-order valence-corrected chi connectivity index (χ4v) is 5.72. The molecule has 8 nitrogen and oxygen atoms in total. The van der Waals surface area contributed by atoms with Crippen molar-refractivity contribution in [3.63, 3.8) is 0 Å². The van der Waals surface area contributed by atoms with Crippen LogP contribution >= 0.6 is 27.7 Å². The van der Waals surface area contributed by atoms with Gasteiger partial charge in [-0.2, -0.15) is 4.98 Å². The largest absolute Gasteiger partial charge is 0.493 e. The zero-order valence-corrected chi connectivity index (χ0v) is 25.5. The average Bonchev–Trinajstić information content (AvgIpc) is 3.30. The molecule has 0 saturated heterocycles. The maximum atomic E-state index is 13.8. The Balaban J connectivity index is 1.74. The summed E-state index contributed by atoms with van der Waals surface area (Å²) in [6, 6.07) is 11.1. The zero-order valence-electron chi connectivity index (χ0n) is 23.1. The molecular formula is C29H36BrN5O3S. The predicted molar refractivity (Wildman–Crippen MR) is 161 cm³/mol. The van der Waals surface area contributed by atoms with E-state index in [4.69, 9.17) is 14.6 Å². The number of aryl methyl sites for hydroxylation is 1. The molecule has 1 amide bonds. The van der Waals surface area contributed by atoms with E-state index >= 15 is 0 Å². The Labute approximate surface area is 243 Å². The van der Waals surface area contributed by atoms with Gasteiger partial charge in [-0.25, -0.2) is 4.68 Å². The quantitative estimate of drug-likeness (QED) is 0.163. The fraction of sp³-hybridized carbons (Fsp3) is 0.414. The van der Waals surface area contributed by atoms with E-state index in [1.165, 1.54) is 12.8 Å². The number of thioether (sulfide) groups is 1. The molecule has 1 aromatic heterocycles. The molecular weight excluding hydrogens is 578 g/mol. The number of fused-ring (bicyclic) bond motifs is 1. The third-order valence-electron chi connectivity index (χ3n) is 6.44. The Hall–Kier alpha value is -2.98. The number of allylic oxidation sites excluding steroid dienone is 1. The van der Waals surface area contributed by atoms with Crippen molar-refractivity contribution in [3.05, 3.63) is 63.3 Å². The lowest BCUT2D eigenvalue weighted by atomic mass is 9.94. The van der Waals surface area contributed by atoms with E-state index in [-0.39, 0.29) is 5.91 Å². The van der Waals surface area contributed by atoms with Crippen molar-refractivity contribution in [2.45, 2.75) is 64.6 Å². The molecule has 39 heavy (non-hydrogen) atoms. The van der Waals surface area contributed by atoms with Crippen LogP contribution in [0.5, 0.6) is 11.5 Å². The van der Waals surface area contributed by atoms with Crippen molar-refractivity contribution < 1.29 is 14.3 Å². The van der Waals surface area contributed by atoms with Gasteiger partial charge in [-0.3, -0.25) is 4.79 Å².